The Morgan fingerprint density at radius 2 is 1.89 bits per heavy atom. The first-order valence-electron chi connectivity index (χ1n) is 8.51. The van der Waals surface area contributed by atoms with Crippen LogP contribution in [0.4, 0.5) is 0 Å². The highest BCUT2D eigenvalue weighted by Crippen LogP contribution is 2.24. The van der Waals surface area contributed by atoms with Crippen LogP contribution in [0.15, 0.2) is 56.6 Å². The summed E-state index contributed by atoms with van der Waals surface area (Å²) in [6.45, 7) is 3.92. The first-order valence-corrected chi connectivity index (χ1v) is 9.87. The van der Waals surface area contributed by atoms with Crippen molar-refractivity contribution in [3.63, 3.8) is 0 Å². The molecule has 0 unspecified atom stereocenters. The summed E-state index contributed by atoms with van der Waals surface area (Å²) in [4.78, 5) is 24.9. The van der Waals surface area contributed by atoms with Crippen molar-refractivity contribution in [1.82, 2.24) is 0 Å². The zero-order valence-electron chi connectivity index (χ0n) is 15.1. The van der Waals surface area contributed by atoms with E-state index in [2.05, 4.69) is 0 Å². The Kier molecular flexibility index (Phi) is 6.24. The highest BCUT2D eigenvalue weighted by molar-refractivity contribution is 7.99. The van der Waals surface area contributed by atoms with E-state index in [1.54, 1.807) is 11.8 Å². The summed E-state index contributed by atoms with van der Waals surface area (Å²) in [6.07, 6.45) is 0.283. The van der Waals surface area contributed by atoms with Gasteiger partial charge in [-0.2, -0.15) is 0 Å². The standard InChI is InChI=1S/C21H19ClO4S/c1-13-3-8-18-15(11-20(24)26-21(18)14(13)2)12-25-19(23)9-10-27-17-6-4-16(22)5-7-17/h3-8,11H,9-10,12H2,1-2H3. The number of halogens is 1. The number of benzene rings is 2. The topological polar surface area (TPSA) is 56.5 Å². The number of aryl methyl sites for hydroxylation is 2. The van der Waals surface area contributed by atoms with Crippen LogP contribution >= 0.6 is 23.4 Å². The summed E-state index contributed by atoms with van der Waals surface area (Å²) >= 11 is 7.42. The minimum atomic E-state index is -0.444. The van der Waals surface area contributed by atoms with E-state index >= 15 is 0 Å². The third-order valence-electron chi connectivity index (χ3n) is 4.29. The first-order chi connectivity index (χ1) is 12.9. The zero-order chi connectivity index (χ0) is 19.4. The predicted molar refractivity (Wildman–Crippen MR) is 109 cm³/mol. The Balaban J connectivity index is 1.61. The highest BCUT2D eigenvalue weighted by Gasteiger charge is 2.11. The van der Waals surface area contributed by atoms with Gasteiger partial charge in [-0.3, -0.25) is 4.79 Å². The Bertz CT molecular complexity index is 1020. The molecule has 0 saturated carbocycles. The molecule has 4 nitrogen and oxygen atoms in total. The number of thioether (sulfide) groups is 1. The normalized spacial score (nSPS) is 10.9. The fraction of sp³-hybridized carbons (Fsp3) is 0.238. The van der Waals surface area contributed by atoms with Crippen molar-refractivity contribution in [2.75, 3.05) is 5.75 Å². The molecule has 0 bridgehead atoms. The number of ether oxygens (including phenoxy) is 1. The lowest BCUT2D eigenvalue weighted by atomic mass is 10.0. The molecule has 0 saturated heterocycles. The van der Waals surface area contributed by atoms with Gasteiger partial charge < -0.3 is 9.15 Å². The Morgan fingerprint density at radius 3 is 2.63 bits per heavy atom. The third-order valence-corrected chi connectivity index (χ3v) is 5.56. The van der Waals surface area contributed by atoms with Gasteiger partial charge in [-0.15, -0.1) is 11.8 Å². The van der Waals surface area contributed by atoms with Crippen LogP contribution in [-0.2, 0) is 16.1 Å². The number of hydrogen-bond donors (Lipinski definition) is 0. The van der Waals surface area contributed by atoms with E-state index in [-0.39, 0.29) is 19.0 Å². The van der Waals surface area contributed by atoms with Crippen LogP contribution in [0.1, 0.15) is 23.1 Å². The lowest BCUT2D eigenvalue weighted by Gasteiger charge is -2.10. The second-order valence-corrected chi connectivity index (χ2v) is 7.79. The molecule has 140 valence electrons. The van der Waals surface area contributed by atoms with Gasteiger partial charge in [0.15, 0.2) is 0 Å². The van der Waals surface area contributed by atoms with Gasteiger partial charge in [-0.25, -0.2) is 4.79 Å². The molecule has 2 aromatic carbocycles. The van der Waals surface area contributed by atoms with Crippen molar-refractivity contribution in [2.45, 2.75) is 31.8 Å². The van der Waals surface area contributed by atoms with Crippen molar-refractivity contribution in [3.05, 3.63) is 74.6 Å². The molecule has 1 aromatic heterocycles. The highest BCUT2D eigenvalue weighted by atomic mass is 35.5. The molecular formula is C21H19ClO4S. The lowest BCUT2D eigenvalue weighted by molar-refractivity contribution is -0.144. The van der Waals surface area contributed by atoms with E-state index in [4.69, 9.17) is 20.8 Å². The van der Waals surface area contributed by atoms with Crippen molar-refractivity contribution in [1.29, 1.82) is 0 Å². The molecule has 0 N–H and O–H groups in total. The van der Waals surface area contributed by atoms with Crippen LogP contribution in [0.25, 0.3) is 11.0 Å². The van der Waals surface area contributed by atoms with Gasteiger partial charge in [0, 0.05) is 32.7 Å². The van der Waals surface area contributed by atoms with Gasteiger partial charge in [0.05, 0.1) is 6.42 Å². The number of hydrogen-bond acceptors (Lipinski definition) is 5. The Labute approximate surface area is 166 Å². The van der Waals surface area contributed by atoms with E-state index in [0.717, 1.165) is 21.4 Å². The Morgan fingerprint density at radius 1 is 1.15 bits per heavy atom. The minimum absolute atomic E-state index is 0.0506. The summed E-state index contributed by atoms with van der Waals surface area (Å²) in [5, 5.41) is 1.48. The van der Waals surface area contributed by atoms with Gasteiger partial charge in [-0.05, 0) is 49.2 Å². The van der Waals surface area contributed by atoms with E-state index in [0.29, 0.717) is 21.9 Å². The van der Waals surface area contributed by atoms with Crippen molar-refractivity contribution >= 4 is 40.3 Å². The molecular weight excluding hydrogens is 384 g/mol. The van der Waals surface area contributed by atoms with Gasteiger partial charge in [0.1, 0.15) is 12.2 Å². The van der Waals surface area contributed by atoms with Crippen LogP contribution in [-0.4, -0.2) is 11.7 Å². The van der Waals surface area contributed by atoms with Crippen molar-refractivity contribution in [3.8, 4) is 0 Å². The van der Waals surface area contributed by atoms with Crippen molar-refractivity contribution in [2.24, 2.45) is 0 Å². The fourth-order valence-corrected chi connectivity index (χ4v) is 3.62. The second kappa shape index (κ2) is 8.63. The quantitative estimate of drug-likeness (QED) is 0.318. The molecule has 0 spiro atoms. The molecule has 1 heterocycles. The summed E-state index contributed by atoms with van der Waals surface area (Å²) in [5.41, 5.74) is 2.71. The third kappa shape index (κ3) is 4.93. The number of carbonyl (C=O) groups excluding carboxylic acids is 1. The maximum atomic E-state index is 12.0. The Hall–Kier alpha value is -2.24. The number of carbonyl (C=O) groups is 1. The van der Waals surface area contributed by atoms with E-state index in [1.165, 1.54) is 6.07 Å². The van der Waals surface area contributed by atoms with Gasteiger partial charge >= 0.3 is 11.6 Å². The smallest absolute Gasteiger partial charge is 0.336 e. The molecule has 3 aromatic rings. The summed E-state index contributed by atoms with van der Waals surface area (Å²) in [7, 11) is 0. The number of fused-ring (bicyclic) bond motifs is 1. The summed E-state index contributed by atoms with van der Waals surface area (Å²) < 4.78 is 10.7. The lowest BCUT2D eigenvalue weighted by Crippen LogP contribution is -2.08. The second-order valence-electron chi connectivity index (χ2n) is 6.19. The molecule has 0 aliphatic carbocycles. The van der Waals surface area contributed by atoms with E-state index in [1.807, 2.05) is 50.2 Å². The van der Waals surface area contributed by atoms with Crippen LogP contribution in [0, 0.1) is 13.8 Å². The van der Waals surface area contributed by atoms with Crippen molar-refractivity contribution < 1.29 is 13.9 Å². The molecule has 6 heteroatoms. The molecule has 0 aliphatic rings. The monoisotopic (exact) mass is 402 g/mol. The molecule has 3 rings (SSSR count). The summed E-state index contributed by atoms with van der Waals surface area (Å²) in [6, 6.07) is 12.7. The first kappa shape index (κ1) is 19.5. The van der Waals surface area contributed by atoms with Crippen LogP contribution < -0.4 is 5.63 Å². The number of rotatable bonds is 6. The fourth-order valence-electron chi connectivity index (χ4n) is 2.66. The number of esters is 1. The van der Waals surface area contributed by atoms with E-state index in [9.17, 15) is 9.59 Å². The predicted octanol–water partition coefficient (Wildman–Crippen LogP) is 5.29. The average molecular weight is 403 g/mol. The van der Waals surface area contributed by atoms with Gasteiger partial charge in [0.25, 0.3) is 0 Å². The average Bonchev–Trinajstić information content (AvgIpc) is 2.65. The molecule has 27 heavy (non-hydrogen) atoms. The van der Waals surface area contributed by atoms with Crippen LogP contribution in [0.5, 0.6) is 0 Å². The zero-order valence-corrected chi connectivity index (χ0v) is 16.7. The molecule has 0 aliphatic heterocycles. The molecule has 0 amide bonds. The van der Waals surface area contributed by atoms with Crippen LogP contribution in [0.3, 0.4) is 0 Å². The largest absolute Gasteiger partial charge is 0.461 e. The van der Waals surface area contributed by atoms with Crippen LogP contribution in [0.2, 0.25) is 5.02 Å². The molecule has 0 fully saturated rings. The minimum Gasteiger partial charge on any atom is -0.461 e. The summed E-state index contributed by atoms with van der Waals surface area (Å²) in [5.74, 6) is 0.304. The molecule has 0 atom stereocenters. The molecule has 0 radical (unpaired) electrons. The SMILES string of the molecule is Cc1ccc2c(COC(=O)CCSc3ccc(Cl)cc3)cc(=O)oc2c1C. The van der Waals surface area contributed by atoms with Gasteiger partial charge in [-0.1, -0.05) is 23.7 Å². The maximum Gasteiger partial charge on any atom is 0.336 e. The van der Waals surface area contributed by atoms with Gasteiger partial charge in [0.2, 0.25) is 0 Å². The van der Waals surface area contributed by atoms with E-state index < -0.39 is 5.63 Å². The maximum absolute atomic E-state index is 12.0.